The number of nitrogens with zero attached hydrogens (tertiary/aromatic N) is 1. The molecule has 6 heteroatoms. The highest BCUT2D eigenvalue weighted by atomic mass is 16.5. The molecule has 0 saturated carbocycles. The average Bonchev–Trinajstić information content (AvgIpc) is 2.71. The lowest BCUT2D eigenvalue weighted by atomic mass is 10.1. The van der Waals surface area contributed by atoms with Gasteiger partial charge in [-0.25, -0.2) is 4.79 Å². The number of carbonyl (C=O) groups is 2. The van der Waals surface area contributed by atoms with E-state index in [4.69, 9.17) is 10.5 Å². The fourth-order valence-corrected chi connectivity index (χ4v) is 2.11. The van der Waals surface area contributed by atoms with Crippen LogP contribution in [0.15, 0.2) is 18.2 Å². The minimum atomic E-state index is -0.478. The van der Waals surface area contributed by atoms with Crippen LogP contribution in [0.1, 0.15) is 16.8 Å². The molecule has 1 fully saturated rings. The quantitative estimate of drug-likeness (QED) is 0.619. The molecule has 1 aromatic carbocycles. The zero-order chi connectivity index (χ0) is 14.0. The summed E-state index contributed by atoms with van der Waals surface area (Å²) in [5.41, 5.74) is 7.04. The van der Waals surface area contributed by atoms with Crippen molar-refractivity contribution in [2.24, 2.45) is 0 Å². The first-order chi connectivity index (χ1) is 9.02. The number of amides is 1. The molecule has 1 atom stereocenters. The third kappa shape index (κ3) is 2.62. The van der Waals surface area contributed by atoms with Gasteiger partial charge in [0.1, 0.15) is 6.04 Å². The SMILES string of the molecule is COC(=O)c1cc(N)ccc1NC1CCN(C)C1=O. The Labute approximate surface area is 111 Å². The second-order valence-electron chi connectivity index (χ2n) is 4.54. The van der Waals surface area contributed by atoms with Gasteiger partial charge >= 0.3 is 5.97 Å². The second-order valence-corrected chi connectivity index (χ2v) is 4.54. The molecule has 0 spiro atoms. The van der Waals surface area contributed by atoms with Crippen molar-refractivity contribution in [3.05, 3.63) is 23.8 Å². The highest BCUT2D eigenvalue weighted by Gasteiger charge is 2.29. The monoisotopic (exact) mass is 263 g/mol. The number of rotatable bonds is 3. The maximum atomic E-state index is 11.8. The molecule has 3 N–H and O–H groups in total. The van der Waals surface area contributed by atoms with Crippen LogP contribution in [-0.4, -0.2) is 43.5 Å². The van der Waals surface area contributed by atoms with Gasteiger partial charge in [-0.2, -0.15) is 0 Å². The highest BCUT2D eigenvalue weighted by Crippen LogP contribution is 2.23. The number of methoxy groups -OCH3 is 1. The van der Waals surface area contributed by atoms with Crippen LogP contribution in [-0.2, 0) is 9.53 Å². The zero-order valence-electron chi connectivity index (χ0n) is 11.0. The van der Waals surface area contributed by atoms with Crippen LogP contribution >= 0.6 is 0 Å². The van der Waals surface area contributed by atoms with Gasteiger partial charge in [-0.05, 0) is 24.6 Å². The number of anilines is 2. The van der Waals surface area contributed by atoms with Crippen molar-refractivity contribution in [3.63, 3.8) is 0 Å². The number of carbonyl (C=O) groups excluding carboxylic acids is 2. The Bertz CT molecular complexity index is 516. The highest BCUT2D eigenvalue weighted by molar-refractivity contribution is 5.98. The predicted octanol–water partition coefficient (Wildman–Crippen LogP) is 0.698. The number of benzene rings is 1. The molecule has 2 rings (SSSR count). The summed E-state index contributed by atoms with van der Waals surface area (Å²) < 4.78 is 4.71. The van der Waals surface area contributed by atoms with Crippen LogP contribution in [0, 0.1) is 0 Å². The van der Waals surface area contributed by atoms with Crippen molar-refractivity contribution in [2.45, 2.75) is 12.5 Å². The van der Waals surface area contributed by atoms with E-state index in [9.17, 15) is 9.59 Å². The van der Waals surface area contributed by atoms with E-state index in [0.717, 1.165) is 0 Å². The van der Waals surface area contributed by atoms with Crippen LogP contribution in [0.3, 0.4) is 0 Å². The van der Waals surface area contributed by atoms with E-state index >= 15 is 0 Å². The number of nitrogen functional groups attached to an aromatic ring is 1. The van der Waals surface area contributed by atoms with E-state index < -0.39 is 5.97 Å². The van der Waals surface area contributed by atoms with E-state index in [1.54, 1.807) is 24.1 Å². The number of likely N-dealkylation sites (N-methyl/N-ethyl adjacent to an activating group) is 1. The summed E-state index contributed by atoms with van der Waals surface area (Å²) in [7, 11) is 3.07. The smallest absolute Gasteiger partial charge is 0.340 e. The molecule has 1 aliphatic rings. The maximum Gasteiger partial charge on any atom is 0.340 e. The lowest BCUT2D eigenvalue weighted by Crippen LogP contribution is -2.31. The first kappa shape index (κ1) is 13.2. The van der Waals surface area contributed by atoms with Crippen molar-refractivity contribution >= 4 is 23.3 Å². The molecule has 0 radical (unpaired) electrons. The number of likely N-dealkylation sites (tertiary alicyclic amines) is 1. The lowest BCUT2D eigenvalue weighted by molar-refractivity contribution is -0.127. The number of nitrogens with two attached hydrogens (primary N) is 1. The summed E-state index contributed by atoms with van der Waals surface area (Å²) in [6.07, 6.45) is 0.709. The molecule has 1 aliphatic heterocycles. The van der Waals surface area contributed by atoms with E-state index in [0.29, 0.717) is 29.9 Å². The number of ether oxygens (including phenoxy) is 1. The minimum Gasteiger partial charge on any atom is -0.465 e. The fourth-order valence-electron chi connectivity index (χ4n) is 2.11. The standard InChI is InChI=1S/C13H17N3O3/c1-16-6-5-11(12(16)17)15-10-4-3-8(14)7-9(10)13(18)19-2/h3-4,7,11,15H,5-6,14H2,1-2H3. The molecule has 0 aromatic heterocycles. The van der Waals surface area contributed by atoms with E-state index in [2.05, 4.69) is 5.32 Å². The normalized spacial score (nSPS) is 18.5. The van der Waals surface area contributed by atoms with Gasteiger partial charge in [-0.1, -0.05) is 0 Å². The molecule has 1 unspecified atom stereocenters. The predicted molar refractivity (Wildman–Crippen MR) is 71.9 cm³/mol. The third-order valence-electron chi connectivity index (χ3n) is 3.21. The summed E-state index contributed by atoms with van der Waals surface area (Å²) in [5, 5.41) is 3.08. The molecule has 19 heavy (non-hydrogen) atoms. The van der Waals surface area contributed by atoms with E-state index in [-0.39, 0.29) is 11.9 Å². The molecule has 1 amide bonds. The third-order valence-corrected chi connectivity index (χ3v) is 3.21. The van der Waals surface area contributed by atoms with Crippen LogP contribution in [0.5, 0.6) is 0 Å². The largest absolute Gasteiger partial charge is 0.465 e. The van der Waals surface area contributed by atoms with Crippen LogP contribution < -0.4 is 11.1 Å². The summed E-state index contributed by atoms with van der Waals surface area (Å²) in [4.78, 5) is 25.2. The topological polar surface area (TPSA) is 84.7 Å². The Kier molecular flexibility index (Phi) is 3.59. The summed E-state index contributed by atoms with van der Waals surface area (Å²) in [6, 6.07) is 4.60. The fraction of sp³-hybridized carbons (Fsp3) is 0.385. The Morgan fingerprint density at radius 2 is 2.26 bits per heavy atom. The van der Waals surface area contributed by atoms with Gasteiger partial charge in [0.15, 0.2) is 0 Å². The Morgan fingerprint density at radius 1 is 1.53 bits per heavy atom. The first-order valence-electron chi connectivity index (χ1n) is 6.02. The molecular weight excluding hydrogens is 246 g/mol. The maximum absolute atomic E-state index is 11.8. The molecule has 1 aromatic rings. The van der Waals surface area contributed by atoms with Crippen LogP contribution in [0.4, 0.5) is 11.4 Å². The van der Waals surface area contributed by atoms with Gasteiger partial charge < -0.3 is 20.7 Å². The van der Waals surface area contributed by atoms with Gasteiger partial charge in [0.2, 0.25) is 5.91 Å². The number of esters is 1. The molecule has 1 saturated heterocycles. The summed E-state index contributed by atoms with van der Waals surface area (Å²) >= 11 is 0. The van der Waals surface area contributed by atoms with Crippen molar-refractivity contribution in [2.75, 3.05) is 31.8 Å². The first-order valence-corrected chi connectivity index (χ1v) is 6.02. The minimum absolute atomic E-state index is 0.0210. The van der Waals surface area contributed by atoms with Gasteiger partial charge in [0.05, 0.1) is 12.7 Å². The number of nitrogens with one attached hydrogen (secondary N) is 1. The second kappa shape index (κ2) is 5.17. The summed E-state index contributed by atoms with van der Waals surface area (Å²) in [5.74, 6) is -0.457. The molecule has 0 aliphatic carbocycles. The molecule has 1 heterocycles. The van der Waals surface area contributed by atoms with Crippen LogP contribution in [0.25, 0.3) is 0 Å². The zero-order valence-corrected chi connectivity index (χ0v) is 11.0. The molecule has 102 valence electrons. The summed E-state index contributed by atoms with van der Waals surface area (Å²) in [6.45, 7) is 0.707. The molecular formula is C13H17N3O3. The van der Waals surface area contributed by atoms with Crippen LogP contribution in [0.2, 0.25) is 0 Å². The number of hydrogen-bond acceptors (Lipinski definition) is 5. The van der Waals surface area contributed by atoms with Gasteiger partial charge in [-0.15, -0.1) is 0 Å². The Balaban J connectivity index is 2.25. The molecule has 0 bridgehead atoms. The molecule has 6 nitrogen and oxygen atoms in total. The number of hydrogen-bond donors (Lipinski definition) is 2. The Hall–Kier alpha value is -2.24. The Morgan fingerprint density at radius 3 is 2.84 bits per heavy atom. The van der Waals surface area contributed by atoms with Crippen molar-refractivity contribution in [1.82, 2.24) is 4.90 Å². The van der Waals surface area contributed by atoms with Crippen molar-refractivity contribution in [1.29, 1.82) is 0 Å². The van der Waals surface area contributed by atoms with E-state index in [1.807, 2.05) is 0 Å². The van der Waals surface area contributed by atoms with Crippen molar-refractivity contribution < 1.29 is 14.3 Å². The average molecular weight is 263 g/mol. The van der Waals surface area contributed by atoms with Crippen molar-refractivity contribution in [3.8, 4) is 0 Å². The van der Waals surface area contributed by atoms with E-state index in [1.165, 1.54) is 13.2 Å². The van der Waals surface area contributed by atoms with Gasteiger partial charge in [0, 0.05) is 25.0 Å². The van der Waals surface area contributed by atoms with Gasteiger partial charge in [0.25, 0.3) is 0 Å². The lowest BCUT2D eigenvalue weighted by Gasteiger charge is -2.16. The van der Waals surface area contributed by atoms with Gasteiger partial charge in [-0.3, -0.25) is 4.79 Å².